The number of likely N-dealkylation sites (tertiary alicyclic amines) is 1. The molecule has 0 bridgehead atoms. The van der Waals surface area contributed by atoms with Crippen molar-refractivity contribution in [2.75, 3.05) is 18.4 Å². The lowest BCUT2D eigenvalue weighted by Gasteiger charge is -2.33. The van der Waals surface area contributed by atoms with Gasteiger partial charge in [0.25, 0.3) is 17.6 Å². The molecular weight excluding hydrogens is 456 g/mol. The molecule has 0 radical (unpaired) electrons. The van der Waals surface area contributed by atoms with Gasteiger partial charge in [0, 0.05) is 35.3 Å². The molecule has 0 aromatic heterocycles. The third-order valence-electron chi connectivity index (χ3n) is 5.67. The van der Waals surface area contributed by atoms with Gasteiger partial charge in [-0.05, 0) is 61.4 Å². The van der Waals surface area contributed by atoms with E-state index in [0.29, 0.717) is 65.1 Å². The van der Waals surface area contributed by atoms with Crippen molar-refractivity contribution >= 4 is 35.0 Å². The molecule has 4 rings (SSSR count). The molecule has 3 aromatic rings. The molecule has 8 heteroatoms. The average Bonchev–Trinajstić information content (AvgIpc) is 2.86. The molecule has 0 spiro atoms. The maximum absolute atomic E-state index is 13.2. The summed E-state index contributed by atoms with van der Waals surface area (Å²) in [5, 5.41) is 6.28. The fourth-order valence-electron chi connectivity index (χ4n) is 3.91. The van der Waals surface area contributed by atoms with Gasteiger partial charge >= 0.3 is 0 Å². The van der Waals surface area contributed by atoms with E-state index >= 15 is 0 Å². The van der Waals surface area contributed by atoms with Crippen LogP contribution in [-0.2, 0) is 0 Å². The van der Waals surface area contributed by atoms with Crippen molar-refractivity contribution < 1.29 is 18.4 Å². The largest absolute Gasteiger partial charge is 0.355 e. The molecule has 1 aliphatic heterocycles. The van der Waals surface area contributed by atoms with E-state index in [-0.39, 0.29) is 17.9 Å². The van der Waals surface area contributed by atoms with Crippen LogP contribution in [0.3, 0.4) is 0 Å². The number of hydrogen-bond acceptors (Lipinski definition) is 4. The van der Waals surface area contributed by atoms with E-state index in [1.165, 1.54) is 0 Å². The first-order chi connectivity index (χ1) is 16.5. The molecule has 176 valence electrons. The summed E-state index contributed by atoms with van der Waals surface area (Å²) in [5.74, 6) is -2.65. The Labute approximate surface area is 201 Å². The van der Waals surface area contributed by atoms with Gasteiger partial charge in [0.1, 0.15) is 0 Å². The third-order valence-corrected chi connectivity index (χ3v) is 6.39. The number of carbonyl (C=O) groups is 2. The van der Waals surface area contributed by atoms with E-state index in [4.69, 9.17) is 0 Å². The zero-order chi connectivity index (χ0) is 23.9. The van der Waals surface area contributed by atoms with Gasteiger partial charge in [-0.3, -0.25) is 9.59 Å². The summed E-state index contributed by atoms with van der Waals surface area (Å²) in [5.41, 5.74) is 2.53. The number of piperidine rings is 1. The summed E-state index contributed by atoms with van der Waals surface area (Å²) in [6, 6.07) is 23.0. The van der Waals surface area contributed by atoms with Crippen molar-refractivity contribution in [2.24, 2.45) is 0 Å². The summed E-state index contributed by atoms with van der Waals surface area (Å²) < 4.78 is 25.1. The molecule has 2 N–H and O–H groups in total. The quantitative estimate of drug-likeness (QED) is 0.420. The second kappa shape index (κ2) is 11.2. The second-order valence-electron chi connectivity index (χ2n) is 7.98. The molecule has 1 heterocycles. The molecule has 0 atom stereocenters. The number of para-hydroxylation sites is 1. The fraction of sp³-hybridized carbons (Fsp3) is 0.231. The highest BCUT2D eigenvalue weighted by Crippen LogP contribution is 2.28. The zero-order valence-corrected chi connectivity index (χ0v) is 19.2. The van der Waals surface area contributed by atoms with Crippen molar-refractivity contribution in [2.45, 2.75) is 29.5 Å². The molecule has 2 amide bonds. The molecule has 5 nitrogen and oxygen atoms in total. The minimum atomic E-state index is -2.46. The minimum Gasteiger partial charge on any atom is -0.355 e. The highest BCUT2D eigenvalue weighted by atomic mass is 32.2. The summed E-state index contributed by atoms with van der Waals surface area (Å²) in [6.45, 7) is 1.10. The van der Waals surface area contributed by atoms with Crippen LogP contribution in [-0.4, -0.2) is 41.6 Å². The molecule has 0 saturated carbocycles. The summed E-state index contributed by atoms with van der Waals surface area (Å²) in [7, 11) is 0. The molecule has 1 saturated heterocycles. The van der Waals surface area contributed by atoms with E-state index in [9.17, 15) is 18.4 Å². The van der Waals surface area contributed by atoms with E-state index in [0.717, 1.165) is 0 Å². The number of hydrogen-bond donors (Lipinski definition) is 2. The van der Waals surface area contributed by atoms with E-state index in [1.807, 2.05) is 36.4 Å². The van der Waals surface area contributed by atoms with Crippen LogP contribution in [0.4, 0.5) is 20.2 Å². The first kappa shape index (κ1) is 23.8. The summed E-state index contributed by atoms with van der Waals surface area (Å²) in [4.78, 5) is 27.9. The van der Waals surface area contributed by atoms with Crippen LogP contribution in [0.1, 0.15) is 33.6 Å². The highest BCUT2D eigenvalue weighted by Gasteiger charge is 2.26. The molecule has 1 aliphatic rings. The summed E-state index contributed by atoms with van der Waals surface area (Å²) >= 11 is 0.495. The van der Waals surface area contributed by atoms with Crippen molar-refractivity contribution in [3.8, 4) is 0 Å². The Bertz CT molecular complexity index is 1120. The fourth-order valence-corrected chi connectivity index (χ4v) is 4.41. The van der Waals surface area contributed by atoms with Crippen molar-refractivity contribution in [3.05, 3.63) is 90.0 Å². The first-order valence-corrected chi connectivity index (χ1v) is 11.9. The average molecular weight is 482 g/mol. The number of carbonyl (C=O) groups excluding carboxylic acids is 2. The normalized spacial score (nSPS) is 14.1. The number of halogens is 2. The molecule has 34 heavy (non-hydrogen) atoms. The topological polar surface area (TPSA) is 61.4 Å². The molecule has 0 aliphatic carbocycles. The van der Waals surface area contributed by atoms with Crippen LogP contribution in [0.25, 0.3) is 0 Å². The van der Waals surface area contributed by atoms with E-state index in [1.54, 1.807) is 47.4 Å². The number of thioether (sulfide) groups is 1. The van der Waals surface area contributed by atoms with Crippen molar-refractivity contribution in [3.63, 3.8) is 0 Å². The van der Waals surface area contributed by atoms with Gasteiger partial charge in [-0.2, -0.15) is 8.78 Å². The van der Waals surface area contributed by atoms with Crippen molar-refractivity contribution in [1.29, 1.82) is 0 Å². The Hall–Kier alpha value is -3.39. The van der Waals surface area contributed by atoms with Crippen molar-refractivity contribution in [1.82, 2.24) is 10.2 Å². The minimum absolute atomic E-state index is 0.0229. The number of rotatable bonds is 7. The smallest absolute Gasteiger partial charge is 0.288 e. The number of alkyl halides is 2. The SMILES string of the molecule is O=C(NC1CCN(C(=O)c2ccccc2Nc2ccc(SC(F)F)cc2)CC1)c1ccccc1. The Balaban J connectivity index is 1.36. The number of benzene rings is 3. The van der Waals surface area contributed by atoms with Crippen LogP contribution in [0.2, 0.25) is 0 Å². The van der Waals surface area contributed by atoms with Crippen LogP contribution < -0.4 is 10.6 Å². The molecular formula is C26H25F2N3O2S. The Morgan fingerprint density at radius 1 is 0.882 bits per heavy atom. The number of nitrogens with one attached hydrogen (secondary N) is 2. The Morgan fingerprint density at radius 3 is 2.21 bits per heavy atom. The molecule has 1 fully saturated rings. The lowest BCUT2D eigenvalue weighted by Crippen LogP contribution is -2.46. The van der Waals surface area contributed by atoms with Crippen LogP contribution in [0, 0.1) is 0 Å². The van der Waals surface area contributed by atoms with Crippen LogP contribution >= 0.6 is 11.8 Å². The summed E-state index contributed by atoms with van der Waals surface area (Å²) in [6.07, 6.45) is 1.37. The second-order valence-corrected chi connectivity index (χ2v) is 9.04. The monoisotopic (exact) mass is 481 g/mol. The Kier molecular flexibility index (Phi) is 7.80. The van der Waals surface area contributed by atoms with E-state index < -0.39 is 5.76 Å². The maximum atomic E-state index is 13.2. The first-order valence-electron chi connectivity index (χ1n) is 11.1. The van der Waals surface area contributed by atoms with E-state index in [2.05, 4.69) is 10.6 Å². The highest BCUT2D eigenvalue weighted by molar-refractivity contribution is 7.99. The number of nitrogens with zero attached hydrogens (tertiary/aromatic N) is 1. The Morgan fingerprint density at radius 2 is 1.53 bits per heavy atom. The van der Waals surface area contributed by atoms with Gasteiger partial charge in [0.15, 0.2) is 0 Å². The predicted octanol–water partition coefficient (Wildman–Crippen LogP) is 5.78. The number of anilines is 2. The van der Waals surface area contributed by atoms with Gasteiger partial charge < -0.3 is 15.5 Å². The van der Waals surface area contributed by atoms with Gasteiger partial charge in [0.2, 0.25) is 0 Å². The maximum Gasteiger partial charge on any atom is 0.288 e. The lowest BCUT2D eigenvalue weighted by atomic mass is 10.0. The molecule has 0 unspecified atom stereocenters. The van der Waals surface area contributed by atoms with Crippen LogP contribution in [0.5, 0.6) is 0 Å². The third kappa shape index (κ3) is 6.14. The van der Waals surface area contributed by atoms with Gasteiger partial charge in [0.05, 0.1) is 11.3 Å². The van der Waals surface area contributed by atoms with Gasteiger partial charge in [-0.15, -0.1) is 0 Å². The zero-order valence-electron chi connectivity index (χ0n) is 18.4. The predicted molar refractivity (Wildman–Crippen MR) is 131 cm³/mol. The standard InChI is InChI=1S/C26H25F2N3O2S/c27-26(28)34-21-12-10-19(11-13-21)29-23-9-5-4-8-22(23)25(33)31-16-14-20(15-17-31)30-24(32)18-6-2-1-3-7-18/h1-13,20,26,29H,14-17H2,(H,30,32). The molecule has 3 aromatic carbocycles. The number of amides is 2. The van der Waals surface area contributed by atoms with Gasteiger partial charge in [-0.25, -0.2) is 0 Å². The lowest BCUT2D eigenvalue weighted by molar-refractivity contribution is 0.0699. The van der Waals surface area contributed by atoms with Crippen LogP contribution in [0.15, 0.2) is 83.8 Å². The van der Waals surface area contributed by atoms with Gasteiger partial charge in [-0.1, -0.05) is 42.1 Å².